The summed E-state index contributed by atoms with van der Waals surface area (Å²) in [4.78, 5) is 22.3. The lowest BCUT2D eigenvalue weighted by Crippen LogP contribution is -2.43. The van der Waals surface area contributed by atoms with E-state index in [-0.39, 0.29) is 18.1 Å². The molecule has 22 heavy (non-hydrogen) atoms. The van der Waals surface area contributed by atoms with Crippen molar-refractivity contribution in [3.63, 3.8) is 0 Å². The first-order valence-electron chi connectivity index (χ1n) is 6.02. The van der Waals surface area contributed by atoms with E-state index < -0.39 is 35.1 Å². The number of nitrogens with two attached hydrogens (primary N) is 1. The molecular weight excluding hydrogens is 340 g/mol. The van der Waals surface area contributed by atoms with Crippen molar-refractivity contribution in [2.24, 2.45) is 5.73 Å². The van der Waals surface area contributed by atoms with E-state index in [4.69, 9.17) is 5.73 Å². The second-order valence-electron chi connectivity index (χ2n) is 4.29. The molecule has 1 amide bonds. The van der Waals surface area contributed by atoms with Gasteiger partial charge < -0.3 is 11.1 Å². The van der Waals surface area contributed by atoms with Crippen molar-refractivity contribution in [2.75, 3.05) is 13.1 Å². The van der Waals surface area contributed by atoms with Crippen molar-refractivity contribution < 1.29 is 18.5 Å². The topological polar surface area (TPSA) is 98.3 Å². The summed E-state index contributed by atoms with van der Waals surface area (Å²) in [6.07, 6.45) is 0. The van der Waals surface area contributed by atoms with Gasteiger partial charge in [0.05, 0.1) is 23.3 Å². The Labute approximate surface area is 136 Å². The van der Waals surface area contributed by atoms with Crippen LogP contribution in [0, 0.1) is 10.1 Å². The molecule has 0 aliphatic heterocycles. The number of nitrogens with one attached hydrogen (secondary N) is 1. The fourth-order valence-corrected chi connectivity index (χ4v) is 2.23. The van der Waals surface area contributed by atoms with Gasteiger partial charge in [-0.25, -0.2) is 8.78 Å². The van der Waals surface area contributed by atoms with Crippen LogP contribution in [0.1, 0.15) is 6.92 Å². The summed E-state index contributed by atoms with van der Waals surface area (Å²) < 4.78 is 25.8. The van der Waals surface area contributed by atoms with Crippen LogP contribution in [0.5, 0.6) is 0 Å². The molecule has 0 aliphatic carbocycles. The summed E-state index contributed by atoms with van der Waals surface area (Å²) >= 11 is 1.12. The Hall–Kier alpha value is -1.45. The minimum absolute atomic E-state index is 0. The summed E-state index contributed by atoms with van der Waals surface area (Å²) in [6, 6.07) is 5.63. The summed E-state index contributed by atoms with van der Waals surface area (Å²) in [5.74, 6) is -3.68. The fraction of sp³-hybridized carbons (Fsp3) is 0.417. The van der Waals surface area contributed by atoms with E-state index >= 15 is 0 Å². The molecule has 0 radical (unpaired) electrons. The third-order valence-corrected chi connectivity index (χ3v) is 3.66. The van der Waals surface area contributed by atoms with Crippen molar-refractivity contribution in [1.82, 2.24) is 5.32 Å². The summed E-state index contributed by atoms with van der Waals surface area (Å²) in [6.45, 7) is -0.0906. The molecular formula is C12H16ClF2N3O3S. The Bertz CT molecular complexity index is 517. The Morgan fingerprint density at radius 3 is 2.45 bits per heavy atom. The maximum absolute atomic E-state index is 12.9. The van der Waals surface area contributed by atoms with Crippen molar-refractivity contribution in [3.05, 3.63) is 34.4 Å². The number of amides is 1. The van der Waals surface area contributed by atoms with Crippen LogP contribution in [0.3, 0.4) is 0 Å². The monoisotopic (exact) mass is 355 g/mol. The van der Waals surface area contributed by atoms with Crippen LogP contribution in [-0.4, -0.2) is 35.1 Å². The van der Waals surface area contributed by atoms with Gasteiger partial charge in [-0.2, -0.15) is 0 Å². The fourth-order valence-electron chi connectivity index (χ4n) is 1.34. The third-order valence-electron chi connectivity index (χ3n) is 2.55. The van der Waals surface area contributed by atoms with E-state index in [1.807, 2.05) is 0 Å². The molecule has 1 aromatic rings. The molecule has 124 valence electrons. The van der Waals surface area contributed by atoms with Gasteiger partial charge in [0.25, 0.3) is 11.6 Å². The van der Waals surface area contributed by atoms with Crippen molar-refractivity contribution in [1.29, 1.82) is 0 Å². The SMILES string of the molecule is CC(Sc1ccc([N+](=O)[O-])cc1)C(=O)NCC(F)(F)CN.Cl. The van der Waals surface area contributed by atoms with Crippen molar-refractivity contribution in [3.8, 4) is 0 Å². The Kier molecular flexibility index (Phi) is 8.28. The van der Waals surface area contributed by atoms with Gasteiger partial charge in [0.1, 0.15) is 0 Å². The maximum Gasteiger partial charge on any atom is 0.277 e. The molecule has 1 atom stereocenters. The average Bonchev–Trinajstić information content (AvgIpc) is 2.45. The first-order chi connectivity index (χ1) is 9.75. The lowest BCUT2D eigenvalue weighted by molar-refractivity contribution is -0.384. The largest absolute Gasteiger partial charge is 0.349 e. The van der Waals surface area contributed by atoms with Crippen LogP contribution in [0.4, 0.5) is 14.5 Å². The molecule has 10 heteroatoms. The number of nitro benzene ring substituents is 1. The van der Waals surface area contributed by atoms with E-state index in [0.29, 0.717) is 4.90 Å². The average molecular weight is 356 g/mol. The van der Waals surface area contributed by atoms with Gasteiger partial charge in [0.15, 0.2) is 0 Å². The zero-order valence-electron chi connectivity index (χ0n) is 11.6. The highest BCUT2D eigenvalue weighted by Gasteiger charge is 2.28. The second-order valence-corrected chi connectivity index (χ2v) is 5.70. The zero-order chi connectivity index (χ0) is 16.0. The lowest BCUT2D eigenvalue weighted by atomic mass is 10.3. The Morgan fingerprint density at radius 1 is 1.45 bits per heavy atom. The number of nitro groups is 1. The molecule has 0 bridgehead atoms. The summed E-state index contributed by atoms with van der Waals surface area (Å²) in [5, 5.41) is 12.0. The quantitative estimate of drug-likeness (QED) is 0.444. The molecule has 0 heterocycles. The van der Waals surface area contributed by atoms with Gasteiger partial charge >= 0.3 is 0 Å². The molecule has 0 fully saturated rings. The second kappa shape index (κ2) is 8.86. The van der Waals surface area contributed by atoms with E-state index in [9.17, 15) is 23.7 Å². The van der Waals surface area contributed by atoms with Crippen LogP contribution in [0.25, 0.3) is 0 Å². The number of hydrogen-bond acceptors (Lipinski definition) is 5. The van der Waals surface area contributed by atoms with Crippen LogP contribution in [0.15, 0.2) is 29.2 Å². The molecule has 0 aliphatic rings. The number of hydrogen-bond donors (Lipinski definition) is 2. The minimum atomic E-state index is -3.13. The number of carbonyl (C=O) groups is 1. The van der Waals surface area contributed by atoms with Gasteiger partial charge in [-0.3, -0.25) is 14.9 Å². The molecule has 3 N–H and O–H groups in total. The molecule has 6 nitrogen and oxygen atoms in total. The van der Waals surface area contributed by atoms with Gasteiger partial charge in [-0.05, 0) is 19.1 Å². The molecule has 0 saturated carbocycles. The number of carbonyl (C=O) groups excluding carboxylic acids is 1. The number of alkyl halides is 2. The normalized spacial score (nSPS) is 12.2. The van der Waals surface area contributed by atoms with Crippen LogP contribution in [0.2, 0.25) is 0 Å². The first kappa shape index (κ1) is 20.6. The van der Waals surface area contributed by atoms with E-state index in [2.05, 4.69) is 5.32 Å². The maximum atomic E-state index is 12.9. The van der Waals surface area contributed by atoms with Gasteiger partial charge in [-0.15, -0.1) is 24.2 Å². The summed E-state index contributed by atoms with van der Waals surface area (Å²) in [5.41, 5.74) is 4.81. The standard InChI is InChI=1S/C12H15F2N3O3S.ClH/c1-8(11(18)16-7-12(13,14)6-15)21-10-4-2-9(3-5-10)17(19)20;/h2-5,8H,6-7,15H2,1H3,(H,16,18);1H. The van der Waals surface area contributed by atoms with Crippen LogP contribution < -0.4 is 11.1 Å². The highest BCUT2D eigenvalue weighted by atomic mass is 35.5. The van der Waals surface area contributed by atoms with Crippen molar-refractivity contribution in [2.45, 2.75) is 23.0 Å². The highest BCUT2D eigenvalue weighted by molar-refractivity contribution is 8.00. The first-order valence-corrected chi connectivity index (χ1v) is 6.90. The predicted molar refractivity (Wildman–Crippen MR) is 82.7 cm³/mol. The van der Waals surface area contributed by atoms with E-state index in [1.54, 1.807) is 6.92 Å². The zero-order valence-corrected chi connectivity index (χ0v) is 13.3. The number of nitrogens with zero attached hydrogens (tertiary/aromatic N) is 1. The van der Waals surface area contributed by atoms with Crippen LogP contribution in [-0.2, 0) is 4.79 Å². The Morgan fingerprint density at radius 2 is 2.00 bits per heavy atom. The molecule has 1 unspecified atom stereocenters. The highest BCUT2D eigenvalue weighted by Crippen LogP contribution is 2.25. The molecule has 0 spiro atoms. The molecule has 1 rings (SSSR count). The number of rotatable bonds is 7. The van der Waals surface area contributed by atoms with Crippen molar-refractivity contribution >= 4 is 35.8 Å². The smallest absolute Gasteiger partial charge is 0.277 e. The minimum Gasteiger partial charge on any atom is -0.349 e. The number of halogens is 3. The Balaban J connectivity index is 0.00000441. The van der Waals surface area contributed by atoms with Gasteiger partial charge in [-0.1, -0.05) is 0 Å². The summed E-state index contributed by atoms with van der Waals surface area (Å²) in [7, 11) is 0. The van der Waals surface area contributed by atoms with Gasteiger partial charge in [0.2, 0.25) is 5.91 Å². The van der Waals surface area contributed by atoms with Crippen LogP contribution >= 0.6 is 24.2 Å². The molecule has 1 aromatic carbocycles. The lowest BCUT2D eigenvalue weighted by Gasteiger charge is -2.17. The van der Waals surface area contributed by atoms with Gasteiger partial charge in [0, 0.05) is 17.0 Å². The number of thioether (sulfide) groups is 1. The predicted octanol–water partition coefficient (Wildman–Crippen LogP) is 2.21. The third kappa shape index (κ3) is 6.54. The van der Waals surface area contributed by atoms with E-state index in [1.165, 1.54) is 24.3 Å². The molecule has 0 saturated heterocycles. The number of benzene rings is 1. The van der Waals surface area contributed by atoms with E-state index in [0.717, 1.165) is 11.8 Å². The molecule has 0 aromatic heterocycles. The number of non-ortho nitro benzene ring substituents is 1.